The van der Waals surface area contributed by atoms with Gasteiger partial charge >= 0.3 is 0 Å². The molecular formula is C69H110N20O16. The van der Waals surface area contributed by atoms with Crippen molar-refractivity contribution < 1.29 is 77.3 Å². The Bertz CT molecular complexity index is 3380. The summed E-state index contributed by atoms with van der Waals surface area (Å²) >= 11 is 0. The van der Waals surface area contributed by atoms with E-state index in [2.05, 4.69) is 79.1 Å². The molecule has 36 heteroatoms. The van der Waals surface area contributed by atoms with Crippen LogP contribution in [0.15, 0.2) is 59.7 Å². The standard InChI is InChI=1S/C69H110N20O16/c1-40(2)33-52(67(104)89-54(39-90)60(72)97)87-63(100)42(4)82-58(95)38-81-61(98)41(3)83-62(99)43(5)84-66(103)51(20-16-32-78-69(73)74)85-59(96)37-80-57(94)23-10-14-30-76-55(92)21-9-13-29-75-56(93)22-11-15-31-77-65(102)50(19-8-12-28-70)86-68(105)53(34-44-24-26-46(91)27-25-44)88-64(101)48(71)35-45-36-79-49-18-7-6-17-47(45)49/h6-7,17-18,24-27,36,40-43,48,50-54,79,90-91H,8-16,19-23,28-35,37-39,70-71H2,1-5H3,(H2,72,97)(H,75,93)(H,76,92)(H,77,102)(H,80,94)(H,81,98)(H,82,95)(H,83,99)(H,84,103)(H,85,96)(H,86,105)(H,87,100)(H,88,101)(H,89,104)(H4,73,74,78)/t41-,42-,43-,48-,50-,51-,52-,53-,54-/m0/s1. The predicted molar refractivity (Wildman–Crippen MR) is 389 cm³/mol. The van der Waals surface area contributed by atoms with Crippen molar-refractivity contribution in [2.45, 2.75) is 198 Å². The first-order valence-electron chi connectivity index (χ1n) is 35.4. The molecule has 0 unspecified atom stereocenters. The Labute approximate surface area is 610 Å². The van der Waals surface area contributed by atoms with E-state index in [9.17, 15) is 77.3 Å². The number of hydrogen-bond acceptors (Lipinski definition) is 19. The van der Waals surface area contributed by atoms with E-state index in [-0.39, 0.29) is 107 Å². The fraction of sp³-hybridized carbons (Fsp3) is 0.580. The van der Waals surface area contributed by atoms with Gasteiger partial charge in [-0.1, -0.05) is 44.2 Å². The lowest BCUT2D eigenvalue weighted by Crippen LogP contribution is -2.57. The van der Waals surface area contributed by atoms with Crippen LogP contribution < -0.4 is 97.8 Å². The third kappa shape index (κ3) is 36.0. The average molecular weight is 1480 g/mol. The van der Waals surface area contributed by atoms with Crippen molar-refractivity contribution in [2.24, 2.45) is 39.6 Å². The number of aliphatic hydroxyl groups is 1. The number of nitrogens with one attached hydrogen (secondary N) is 14. The van der Waals surface area contributed by atoms with Crippen molar-refractivity contribution in [3.8, 4) is 5.75 Å². The Kier molecular flexibility index (Phi) is 40.9. The second kappa shape index (κ2) is 48.5. The quantitative estimate of drug-likeness (QED) is 0.0144. The summed E-state index contributed by atoms with van der Waals surface area (Å²) in [5.41, 5.74) is 30.5. The number of benzene rings is 2. The largest absolute Gasteiger partial charge is 0.508 e. The van der Waals surface area contributed by atoms with Crippen LogP contribution in [0.1, 0.15) is 142 Å². The number of rotatable bonds is 51. The Morgan fingerprint density at radius 2 is 0.962 bits per heavy atom. The molecule has 3 rings (SSSR count). The zero-order chi connectivity index (χ0) is 78.0. The minimum Gasteiger partial charge on any atom is -0.508 e. The molecule has 9 atom stereocenters. The van der Waals surface area contributed by atoms with E-state index in [1.165, 1.54) is 32.9 Å². The molecule has 0 fully saturated rings. The summed E-state index contributed by atoms with van der Waals surface area (Å²) in [5, 5.41) is 53.6. The maximum Gasteiger partial charge on any atom is 0.243 e. The lowest BCUT2D eigenvalue weighted by Gasteiger charge is -2.24. The summed E-state index contributed by atoms with van der Waals surface area (Å²) in [6.45, 7) is 6.90. The fourth-order valence-electron chi connectivity index (χ4n) is 10.4. The molecule has 2 aromatic carbocycles. The van der Waals surface area contributed by atoms with Gasteiger partial charge in [0.25, 0.3) is 0 Å². The van der Waals surface area contributed by atoms with Crippen molar-refractivity contribution in [2.75, 3.05) is 52.4 Å². The van der Waals surface area contributed by atoms with Crippen LogP contribution in [-0.4, -0.2) is 211 Å². The molecule has 0 aliphatic rings. The van der Waals surface area contributed by atoms with Gasteiger partial charge in [0.15, 0.2) is 5.96 Å². The van der Waals surface area contributed by atoms with Crippen LogP contribution in [0.4, 0.5) is 0 Å². The van der Waals surface area contributed by atoms with Crippen molar-refractivity contribution >= 4 is 99.6 Å². The summed E-state index contributed by atoms with van der Waals surface area (Å²) in [5.74, 6) is -9.30. The molecule has 105 heavy (non-hydrogen) atoms. The molecule has 0 radical (unpaired) electrons. The zero-order valence-corrected chi connectivity index (χ0v) is 60.6. The number of fused-ring (bicyclic) bond motifs is 1. The molecule has 1 aromatic heterocycles. The molecule has 0 bridgehead atoms. The van der Waals surface area contributed by atoms with Gasteiger partial charge < -0.3 is 113 Å². The molecule has 26 N–H and O–H groups in total. The van der Waals surface area contributed by atoms with Crippen LogP contribution in [0, 0.1) is 5.92 Å². The number of phenols is 1. The average Bonchev–Trinajstić information content (AvgIpc) is 1.72. The summed E-state index contributed by atoms with van der Waals surface area (Å²) < 4.78 is 0. The lowest BCUT2D eigenvalue weighted by atomic mass is 10.0. The zero-order valence-electron chi connectivity index (χ0n) is 60.6. The maximum absolute atomic E-state index is 14.0. The summed E-state index contributed by atoms with van der Waals surface area (Å²) in [6, 6.07) is 3.22. The van der Waals surface area contributed by atoms with Gasteiger partial charge in [-0.05, 0) is 146 Å². The Balaban J connectivity index is 1.33. The van der Waals surface area contributed by atoms with E-state index in [1.807, 2.05) is 24.3 Å². The summed E-state index contributed by atoms with van der Waals surface area (Å²) in [4.78, 5) is 188. The number of primary amides is 1. The lowest BCUT2D eigenvalue weighted by molar-refractivity contribution is -0.134. The highest BCUT2D eigenvalue weighted by atomic mass is 16.3. The molecule has 0 spiro atoms. The SMILES string of the molecule is CC(C)C[C@H](NC(=O)[C@H](C)NC(=O)CNC(=O)[C@H](C)NC(=O)[C@H](C)NC(=O)[C@H](CCCN=C(N)N)NC(=O)CNC(=O)CCCCNC(=O)CCCCNC(=O)CCCCNC(=O)[C@H](CCCCN)NC(=O)[C@H](Cc1ccc(O)cc1)NC(=O)[C@@H](N)Cc1c[nH]c2ccccc12)C(=O)N[C@@H](CO)C(N)=O. The van der Waals surface area contributed by atoms with E-state index in [0.29, 0.717) is 70.0 Å². The number of aromatic hydroxyl groups is 1. The van der Waals surface area contributed by atoms with E-state index in [0.717, 1.165) is 16.5 Å². The van der Waals surface area contributed by atoms with E-state index in [1.54, 1.807) is 32.2 Å². The number of aromatic nitrogens is 1. The number of aliphatic hydroxyl groups excluding tert-OH is 1. The molecule has 14 amide bonds. The van der Waals surface area contributed by atoms with Gasteiger partial charge in [-0.15, -0.1) is 0 Å². The van der Waals surface area contributed by atoms with Crippen LogP contribution in [0.25, 0.3) is 10.9 Å². The van der Waals surface area contributed by atoms with E-state index < -0.39 is 145 Å². The van der Waals surface area contributed by atoms with Crippen molar-refractivity contribution in [1.29, 1.82) is 0 Å². The third-order valence-electron chi connectivity index (χ3n) is 16.4. The van der Waals surface area contributed by atoms with Crippen LogP contribution >= 0.6 is 0 Å². The van der Waals surface area contributed by atoms with E-state index in [4.69, 9.17) is 28.7 Å². The topological polar surface area (TPSA) is 594 Å². The first kappa shape index (κ1) is 88.7. The van der Waals surface area contributed by atoms with Crippen LogP contribution in [0.3, 0.4) is 0 Å². The number of nitrogens with zero attached hydrogens (tertiary/aromatic N) is 1. The first-order valence-corrected chi connectivity index (χ1v) is 35.4. The maximum atomic E-state index is 14.0. The molecule has 3 aromatic rings. The van der Waals surface area contributed by atoms with E-state index >= 15 is 0 Å². The second-order valence-corrected chi connectivity index (χ2v) is 26.0. The number of unbranched alkanes of at least 4 members (excludes halogenated alkanes) is 4. The normalized spacial score (nSPS) is 13.6. The fourth-order valence-corrected chi connectivity index (χ4v) is 10.4. The number of carbonyl (C=O) groups excluding carboxylic acids is 14. The number of nitrogens with two attached hydrogens (primary N) is 5. The number of aliphatic imine (C=N–C) groups is 1. The van der Waals surface area contributed by atoms with Gasteiger partial charge in [-0.3, -0.25) is 72.1 Å². The number of amides is 14. The highest BCUT2D eigenvalue weighted by molar-refractivity contribution is 5.98. The molecular weight excluding hydrogens is 1360 g/mol. The Morgan fingerprint density at radius 3 is 1.56 bits per heavy atom. The van der Waals surface area contributed by atoms with Gasteiger partial charge in [0.05, 0.1) is 25.7 Å². The molecule has 0 saturated heterocycles. The highest BCUT2D eigenvalue weighted by Crippen LogP contribution is 2.20. The van der Waals surface area contributed by atoms with Gasteiger partial charge in [-0.2, -0.15) is 0 Å². The van der Waals surface area contributed by atoms with Crippen molar-refractivity contribution in [3.05, 3.63) is 65.9 Å². The van der Waals surface area contributed by atoms with Gasteiger partial charge in [0, 0.05) is 69.0 Å². The smallest absolute Gasteiger partial charge is 0.243 e. The molecule has 0 aliphatic heterocycles. The Hall–Kier alpha value is -10.5. The van der Waals surface area contributed by atoms with Crippen molar-refractivity contribution in [1.82, 2.24) is 74.1 Å². The number of guanidine groups is 1. The molecule has 1 heterocycles. The Morgan fingerprint density at radius 1 is 0.467 bits per heavy atom. The minimum atomic E-state index is -1.39. The first-order chi connectivity index (χ1) is 49.9. The summed E-state index contributed by atoms with van der Waals surface area (Å²) in [7, 11) is 0. The second-order valence-electron chi connectivity index (χ2n) is 26.0. The third-order valence-corrected chi connectivity index (χ3v) is 16.4. The number of aromatic amines is 1. The number of hydrogen-bond donors (Lipinski definition) is 21. The molecule has 0 saturated carbocycles. The van der Waals surface area contributed by atoms with Gasteiger partial charge in [-0.25, -0.2) is 0 Å². The number of phenolic OH excluding ortho intramolecular Hbond substituents is 1. The minimum absolute atomic E-state index is 0.000510. The summed E-state index contributed by atoms with van der Waals surface area (Å²) in [6.07, 6.45) is 6.93. The molecule has 582 valence electrons. The monoisotopic (exact) mass is 1470 g/mol. The van der Waals surface area contributed by atoms with Crippen LogP contribution in [-0.2, 0) is 80.0 Å². The van der Waals surface area contributed by atoms with Gasteiger partial charge in [0.2, 0.25) is 82.7 Å². The van der Waals surface area contributed by atoms with Crippen molar-refractivity contribution in [3.63, 3.8) is 0 Å². The molecule has 0 aliphatic carbocycles. The number of carbonyl (C=O) groups is 14. The number of para-hydroxylation sites is 1. The van der Waals surface area contributed by atoms with Crippen LogP contribution in [0.5, 0.6) is 5.75 Å². The predicted octanol–water partition coefficient (Wildman–Crippen LogP) is -4.28. The number of H-pyrrole nitrogens is 1. The van der Waals surface area contributed by atoms with Crippen LogP contribution in [0.2, 0.25) is 0 Å². The highest BCUT2D eigenvalue weighted by Gasteiger charge is 2.32. The molecule has 36 nitrogen and oxygen atoms in total. The van der Waals surface area contributed by atoms with Gasteiger partial charge in [0.1, 0.15) is 54.1 Å².